The third kappa shape index (κ3) is 2.13. The molecule has 3 aliphatic rings. The fourth-order valence-corrected chi connectivity index (χ4v) is 5.98. The van der Waals surface area contributed by atoms with Crippen molar-refractivity contribution in [2.45, 2.75) is 85.4 Å². The molecule has 126 valence electrons. The van der Waals surface area contributed by atoms with Crippen LogP contribution in [0.1, 0.15) is 73.1 Å². The Hall–Kier alpha value is -0.340. The van der Waals surface area contributed by atoms with E-state index in [1.54, 1.807) is 0 Å². The topological polar surface area (TPSA) is 40.5 Å². The normalized spacial score (nSPS) is 50.8. The molecule has 0 aromatic carbocycles. The van der Waals surface area contributed by atoms with Gasteiger partial charge in [0, 0.05) is 5.41 Å². The molecule has 0 aromatic rings. The number of hydrogen-bond donors (Lipinski definition) is 2. The van der Waals surface area contributed by atoms with Crippen LogP contribution in [0.3, 0.4) is 0 Å². The van der Waals surface area contributed by atoms with Crippen molar-refractivity contribution in [1.29, 1.82) is 0 Å². The summed E-state index contributed by atoms with van der Waals surface area (Å²) in [6, 6.07) is 0. The third-order valence-corrected chi connectivity index (χ3v) is 7.97. The van der Waals surface area contributed by atoms with Crippen molar-refractivity contribution in [1.82, 2.24) is 0 Å². The van der Waals surface area contributed by atoms with Crippen molar-refractivity contribution < 1.29 is 10.2 Å². The monoisotopic (exact) mass is 306 g/mol. The van der Waals surface area contributed by atoms with Crippen molar-refractivity contribution >= 4 is 0 Å². The SMILES string of the molecule is CC[C@]1(C)CC2=CC[C@H]3C(C)(C)CCC(O)[C@]3(C)[C@H]2CC1O. The van der Waals surface area contributed by atoms with Crippen LogP contribution in [-0.2, 0) is 0 Å². The van der Waals surface area contributed by atoms with Crippen LogP contribution in [0.4, 0.5) is 0 Å². The van der Waals surface area contributed by atoms with Gasteiger partial charge in [0.05, 0.1) is 12.2 Å². The Kier molecular flexibility index (Phi) is 3.81. The van der Waals surface area contributed by atoms with E-state index in [9.17, 15) is 10.2 Å². The fourth-order valence-electron chi connectivity index (χ4n) is 5.98. The highest BCUT2D eigenvalue weighted by Crippen LogP contribution is 2.63. The molecule has 2 saturated carbocycles. The first-order chi connectivity index (χ1) is 10.1. The Labute approximate surface area is 136 Å². The Morgan fingerprint density at radius 2 is 1.82 bits per heavy atom. The molecule has 0 amide bonds. The maximum Gasteiger partial charge on any atom is 0.0602 e. The van der Waals surface area contributed by atoms with Gasteiger partial charge in [-0.3, -0.25) is 0 Å². The highest BCUT2D eigenvalue weighted by molar-refractivity contribution is 5.25. The first-order valence-corrected chi connectivity index (χ1v) is 9.20. The van der Waals surface area contributed by atoms with Gasteiger partial charge in [-0.2, -0.15) is 0 Å². The van der Waals surface area contributed by atoms with Gasteiger partial charge in [-0.05, 0) is 61.2 Å². The predicted molar refractivity (Wildman–Crippen MR) is 90.4 cm³/mol. The third-order valence-electron chi connectivity index (χ3n) is 7.97. The highest BCUT2D eigenvalue weighted by atomic mass is 16.3. The zero-order chi connectivity index (χ0) is 16.3. The largest absolute Gasteiger partial charge is 0.393 e. The summed E-state index contributed by atoms with van der Waals surface area (Å²) in [5.41, 5.74) is 1.75. The molecule has 3 rings (SSSR count). The number of aliphatic hydroxyl groups is 2. The molecule has 3 aliphatic carbocycles. The van der Waals surface area contributed by atoms with Crippen LogP contribution in [0.15, 0.2) is 11.6 Å². The van der Waals surface area contributed by atoms with E-state index in [0.29, 0.717) is 11.8 Å². The summed E-state index contributed by atoms with van der Waals surface area (Å²) in [6.07, 6.45) is 7.97. The molecule has 2 N–H and O–H groups in total. The van der Waals surface area contributed by atoms with Crippen molar-refractivity contribution in [2.75, 3.05) is 0 Å². The molecule has 2 unspecified atom stereocenters. The van der Waals surface area contributed by atoms with Gasteiger partial charge in [0.2, 0.25) is 0 Å². The van der Waals surface area contributed by atoms with Crippen molar-refractivity contribution in [3.8, 4) is 0 Å². The van der Waals surface area contributed by atoms with Gasteiger partial charge in [-0.25, -0.2) is 0 Å². The number of allylic oxidation sites excluding steroid dienone is 2. The standard InChI is InChI=1S/C20H34O2/c1-6-19(4)12-13-7-8-15-18(2,3)10-9-16(21)20(15,5)14(13)11-17(19)22/h7,14-17,21-22H,6,8-12H2,1-5H3/t14-,15-,16?,17?,19+,20+/m0/s1. The van der Waals surface area contributed by atoms with Crippen LogP contribution < -0.4 is 0 Å². The van der Waals surface area contributed by atoms with E-state index in [2.05, 4.69) is 40.7 Å². The molecule has 0 heterocycles. The maximum atomic E-state index is 10.9. The van der Waals surface area contributed by atoms with Gasteiger partial charge in [-0.1, -0.05) is 46.3 Å². The number of aliphatic hydroxyl groups excluding tert-OH is 2. The molecule has 0 aliphatic heterocycles. The maximum absolute atomic E-state index is 10.9. The van der Waals surface area contributed by atoms with Crippen molar-refractivity contribution in [3.63, 3.8) is 0 Å². The molecule has 6 atom stereocenters. The van der Waals surface area contributed by atoms with E-state index < -0.39 is 0 Å². The van der Waals surface area contributed by atoms with E-state index in [4.69, 9.17) is 0 Å². The lowest BCUT2D eigenvalue weighted by atomic mass is 9.44. The zero-order valence-corrected chi connectivity index (χ0v) is 15.0. The van der Waals surface area contributed by atoms with E-state index in [1.165, 1.54) is 5.57 Å². The molecule has 0 aromatic heterocycles. The minimum atomic E-state index is -0.243. The summed E-state index contributed by atoms with van der Waals surface area (Å²) in [7, 11) is 0. The van der Waals surface area contributed by atoms with Crippen molar-refractivity contribution in [2.24, 2.45) is 28.1 Å². The summed E-state index contributed by atoms with van der Waals surface area (Å²) < 4.78 is 0. The lowest BCUT2D eigenvalue weighted by molar-refractivity contribution is -0.148. The van der Waals surface area contributed by atoms with E-state index in [0.717, 1.165) is 38.5 Å². The first kappa shape index (κ1) is 16.5. The molecular formula is C20H34O2. The van der Waals surface area contributed by atoms with E-state index in [1.807, 2.05) is 0 Å². The average Bonchev–Trinajstić information content (AvgIpc) is 2.46. The average molecular weight is 306 g/mol. The summed E-state index contributed by atoms with van der Waals surface area (Å²) in [6.45, 7) is 11.5. The Balaban J connectivity index is 2.01. The molecule has 2 nitrogen and oxygen atoms in total. The van der Waals surface area contributed by atoms with Gasteiger partial charge in [0.1, 0.15) is 0 Å². The Morgan fingerprint density at radius 3 is 2.45 bits per heavy atom. The van der Waals surface area contributed by atoms with Gasteiger partial charge < -0.3 is 10.2 Å². The fraction of sp³-hybridized carbons (Fsp3) is 0.900. The highest BCUT2D eigenvalue weighted by Gasteiger charge is 2.59. The molecule has 0 bridgehead atoms. The smallest absolute Gasteiger partial charge is 0.0602 e. The lowest BCUT2D eigenvalue weighted by Crippen LogP contribution is -2.58. The van der Waals surface area contributed by atoms with Crippen LogP contribution in [-0.4, -0.2) is 22.4 Å². The lowest BCUT2D eigenvalue weighted by Gasteiger charge is -2.61. The Morgan fingerprint density at radius 1 is 1.14 bits per heavy atom. The zero-order valence-electron chi connectivity index (χ0n) is 15.0. The first-order valence-electron chi connectivity index (χ1n) is 9.20. The van der Waals surface area contributed by atoms with E-state index in [-0.39, 0.29) is 28.5 Å². The molecule has 22 heavy (non-hydrogen) atoms. The molecular weight excluding hydrogens is 272 g/mol. The summed E-state index contributed by atoms with van der Waals surface area (Å²) >= 11 is 0. The van der Waals surface area contributed by atoms with Crippen LogP contribution >= 0.6 is 0 Å². The van der Waals surface area contributed by atoms with Crippen LogP contribution in [0, 0.1) is 28.1 Å². The second-order valence-corrected chi connectivity index (χ2v) is 9.46. The molecule has 0 spiro atoms. The predicted octanol–water partition coefficient (Wildman–Crippen LogP) is 4.31. The van der Waals surface area contributed by atoms with Gasteiger partial charge in [-0.15, -0.1) is 0 Å². The van der Waals surface area contributed by atoms with Gasteiger partial charge in [0.25, 0.3) is 0 Å². The van der Waals surface area contributed by atoms with E-state index >= 15 is 0 Å². The number of rotatable bonds is 1. The van der Waals surface area contributed by atoms with Gasteiger partial charge >= 0.3 is 0 Å². The second-order valence-electron chi connectivity index (χ2n) is 9.46. The second kappa shape index (κ2) is 5.08. The van der Waals surface area contributed by atoms with Gasteiger partial charge in [0.15, 0.2) is 0 Å². The van der Waals surface area contributed by atoms with Crippen molar-refractivity contribution in [3.05, 3.63) is 11.6 Å². The number of hydrogen-bond acceptors (Lipinski definition) is 2. The summed E-state index contributed by atoms with van der Waals surface area (Å²) in [5, 5.41) is 21.7. The molecule has 2 fully saturated rings. The van der Waals surface area contributed by atoms with Crippen LogP contribution in [0.25, 0.3) is 0 Å². The minimum absolute atomic E-state index is 0.0146. The molecule has 0 saturated heterocycles. The number of fused-ring (bicyclic) bond motifs is 3. The summed E-state index contributed by atoms with van der Waals surface area (Å²) in [4.78, 5) is 0. The Bertz CT molecular complexity index is 480. The molecule has 0 radical (unpaired) electrons. The quantitative estimate of drug-likeness (QED) is 0.709. The molecule has 2 heteroatoms. The summed E-state index contributed by atoms with van der Waals surface area (Å²) in [5.74, 6) is 0.881. The van der Waals surface area contributed by atoms with Crippen LogP contribution in [0.2, 0.25) is 0 Å². The minimum Gasteiger partial charge on any atom is -0.393 e. The van der Waals surface area contributed by atoms with Crippen LogP contribution in [0.5, 0.6) is 0 Å².